The monoisotopic (exact) mass is 408 g/mol. The van der Waals surface area contributed by atoms with E-state index in [4.69, 9.17) is 10.00 Å². The molecule has 2 aromatic carbocycles. The zero-order valence-corrected chi connectivity index (χ0v) is 16.0. The topological polar surface area (TPSA) is 62.1 Å². The van der Waals surface area contributed by atoms with Crippen LogP contribution in [0.15, 0.2) is 42.5 Å². The Morgan fingerprint density at radius 1 is 1.21 bits per heavy atom. The van der Waals surface area contributed by atoms with Gasteiger partial charge in [0.05, 0.1) is 35.2 Å². The summed E-state index contributed by atoms with van der Waals surface area (Å²) in [7, 11) is 0. The molecule has 0 saturated carbocycles. The van der Waals surface area contributed by atoms with Crippen molar-refractivity contribution >= 4 is 23.4 Å². The lowest BCUT2D eigenvalue weighted by Crippen LogP contribution is -2.16. The average molecular weight is 408 g/mol. The van der Waals surface area contributed by atoms with Crippen molar-refractivity contribution in [2.45, 2.75) is 25.3 Å². The maximum atomic E-state index is 13.0. The standard InChI is InChI=1S/C20H19F3N2O2S/c1-2-9-27-18-8-7-16(20(21,22)23)10-17(18)25-19(26)13-28-12-15-5-3-14(11-24)4-6-15/h3-8,10H,2,9,12-13H2,1H3,(H,25,26). The number of nitriles is 1. The Labute approximate surface area is 165 Å². The molecule has 0 bridgehead atoms. The Morgan fingerprint density at radius 3 is 2.54 bits per heavy atom. The number of nitrogens with zero attached hydrogens (tertiary/aromatic N) is 1. The van der Waals surface area contributed by atoms with Crippen LogP contribution in [0.4, 0.5) is 18.9 Å². The summed E-state index contributed by atoms with van der Waals surface area (Å²) in [5, 5.41) is 11.3. The summed E-state index contributed by atoms with van der Waals surface area (Å²) >= 11 is 1.32. The third kappa shape index (κ3) is 6.50. The van der Waals surface area contributed by atoms with Crippen LogP contribution in [0.5, 0.6) is 5.75 Å². The van der Waals surface area contributed by atoms with Crippen LogP contribution in [0.3, 0.4) is 0 Å². The zero-order chi connectivity index (χ0) is 20.6. The van der Waals surface area contributed by atoms with Gasteiger partial charge >= 0.3 is 6.18 Å². The van der Waals surface area contributed by atoms with E-state index in [9.17, 15) is 18.0 Å². The molecule has 4 nitrogen and oxygen atoms in total. The second-order valence-corrected chi connectivity index (χ2v) is 6.89. The minimum atomic E-state index is -4.51. The number of hydrogen-bond donors (Lipinski definition) is 1. The molecular formula is C20H19F3N2O2S. The SMILES string of the molecule is CCCOc1ccc(C(F)(F)F)cc1NC(=O)CSCc1ccc(C#N)cc1. The maximum Gasteiger partial charge on any atom is 0.416 e. The number of ether oxygens (including phenoxy) is 1. The Kier molecular flexibility index (Phi) is 7.76. The molecule has 0 heterocycles. The number of benzene rings is 2. The summed E-state index contributed by atoms with van der Waals surface area (Å²) in [6.45, 7) is 2.21. The molecule has 2 rings (SSSR count). The fourth-order valence-electron chi connectivity index (χ4n) is 2.27. The highest BCUT2D eigenvalue weighted by atomic mass is 32.2. The second-order valence-electron chi connectivity index (χ2n) is 5.91. The molecule has 1 amide bonds. The number of thioether (sulfide) groups is 1. The van der Waals surface area contributed by atoms with Gasteiger partial charge in [0.1, 0.15) is 5.75 Å². The molecule has 0 spiro atoms. The van der Waals surface area contributed by atoms with Gasteiger partial charge in [0, 0.05) is 5.75 Å². The molecule has 0 aromatic heterocycles. The number of hydrogen-bond acceptors (Lipinski definition) is 4. The van der Waals surface area contributed by atoms with E-state index in [1.165, 1.54) is 17.8 Å². The van der Waals surface area contributed by atoms with Crippen LogP contribution in [0, 0.1) is 11.3 Å². The van der Waals surface area contributed by atoms with Gasteiger partial charge in [-0.15, -0.1) is 11.8 Å². The van der Waals surface area contributed by atoms with E-state index in [1.807, 2.05) is 13.0 Å². The van der Waals surface area contributed by atoms with Gasteiger partial charge in [0.25, 0.3) is 0 Å². The highest BCUT2D eigenvalue weighted by molar-refractivity contribution is 7.99. The van der Waals surface area contributed by atoms with Crippen LogP contribution < -0.4 is 10.1 Å². The first-order chi connectivity index (χ1) is 13.3. The van der Waals surface area contributed by atoms with Crippen LogP contribution in [-0.4, -0.2) is 18.3 Å². The number of nitrogens with one attached hydrogen (secondary N) is 1. The Balaban J connectivity index is 1.99. The number of anilines is 1. The average Bonchev–Trinajstić information content (AvgIpc) is 2.66. The highest BCUT2D eigenvalue weighted by Crippen LogP contribution is 2.35. The first-order valence-corrected chi connectivity index (χ1v) is 9.69. The van der Waals surface area contributed by atoms with E-state index in [-0.39, 0.29) is 17.2 Å². The van der Waals surface area contributed by atoms with Gasteiger partial charge in [-0.05, 0) is 42.3 Å². The summed E-state index contributed by atoms with van der Waals surface area (Å²) in [6.07, 6.45) is -3.82. The summed E-state index contributed by atoms with van der Waals surface area (Å²) in [5.74, 6) is 0.407. The molecule has 0 saturated heterocycles. The van der Waals surface area contributed by atoms with Gasteiger partial charge in [-0.2, -0.15) is 18.4 Å². The molecule has 148 valence electrons. The number of carbonyl (C=O) groups excluding carboxylic acids is 1. The van der Waals surface area contributed by atoms with Crippen LogP contribution in [-0.2, 0) is 16.7 Å². The normalized spacial score (nSPS) is 11.0. The fraction of sp³-hybridized carbons (Fsp3) is 0.300. The van der Waals surface area contributed by atoms with Gasteiger partial charge < -0.3 is 10.1 Å². The number of amides is 1. The van der Waals surface area contributed by atoms with E-state index >= 15 is 0 Å². The molecular weight excluding hydrogens is 389 g/mol. The van der Waals surface area contributed by atoms with Crippen molar-refractivity contribution in [2.24, 2.45) is 0 Å². The van der Waals surface area contributed by atoms with E-state index in [1.54, 1.807) is 24.3 Å². The van der Waals surface area contributed by atoms with Crippen molar-refractivity contribution in [1.29, 1.82) is 5.26 Å². The smallest absolute Gasteiger partial charge is 0.416 e. The maximum absolute atomic E-state index is 13.0. The van der Waals surface area contributed by atoms with Crippen molar-refractivity contribution in [1.82, 2.24) is 0 Å². The Hall–Kier alpha value is -2.66. The van der Waals surface area contributed by atoms with Crippen LogP contribution in [0.2, 0.25) is 0 Å². The quantitative estimate of drug-likeness (QED) is 0.649. The minimum absolute atomic E-state index is 0.00671. The Bertz CT molecular complexity index is 846. The molecule has 2 aromatic rings. The molecule has 0 unspecified atom stereocenters. The zero-order valence-electron chi connectivity index (χ0n) is 15.2. The van der Waals surface area contributed by atoms with E-state index in [0.29, 0.717) is 24.3 Å². The highest BCUT2D eigenvalue weighted by Gasteiger charge is 2.31. The molecule has 0 radical (unpaired) electrons. The summed E-state index contributed by atoms with van der Waals surface area (Å²) < 4.78 is 44.3. The van der Waals surface area contributed by atoms with E-state index in [0.717, 1.165) is 17.7 Å². The number of halogens is 3. The largest absolute Gasteiger partial charge is 0.491 e. The lowest BCUT2D eigenvalue weighted by atomic mass is 10.1. The van der Waals surface area contributed by atoms with Crippen molar-refractivity contribution in [3.63, 3.8) is 0 Å². The first kappa shape index (κ1) is 21.6. The number of carbonyl (C=O) groups is 1. The van der Waals surface area contributed by atoms with Crippen molar-refractivity contribution in [3.8, 4) is 11.8 Å². The first-order valence-electron chi connectivity index (χ1n) is 8.54. The number of alkyl halides is 3. The lowest BCUT2D eigenvalue weighted by molar-refractivity contribution is -0.137. The molecule has 1 N–H and O–H groups in total. The summed E-state index contributed by atoms with van der Waals surface area (Å²) in [6, 6.07) is 12.0. The Morgan fingerprint density at radius 2 is 1.93 bits per heavy atom. The van der Waals surface area contributed by atoms with Crippen molar-refractivity contribution in [3.05, 3.63) is 59.2 Å². The summed E-state index contributed by atoms with van der Waals surface area (Å²) in [4.78, 5) is 12.2. The molecule has 0 aliphatic rings. The third-order valence-corrected chi connectivity index (χ3v) is 4.63. The van der Waals surface area contributed by atoms with E-state index < -0.39 is 17.6 Å². The predicted octanol–water partition coefficient (Wildman–Crippen LogP) is 5.24. The van der Waals surface area contributed by atoms with Crippen LogP contribution in [0.25, 0.3) is 0 Å². The molecule has 8 heteroatoms. The van der Waals surface area contributed by atoms with Gasteiger partial charge in [-0.3, -0.25) is 4.79 Å². The van der Waals surface area contributed by atoms with Crippen molar-refractivity contribution < 1.29 is 22.7 Å². The van der Waals surface area contributed by atoms with Gasteiger partial charge in [0.2, 0.25) is 5.91 Å². The summed E-state index contributed by atoms with van der Waals surface area (Å²) in [5.41, 5.74) is 0.655. The lowest BCUT2D eigenvalue weighted by Gasteiger charge is -2.15. The van der Waals surface area contributed by atoms with Crippen LogP contribution in [0.1, 0.15) is 30.0 Å². The molecule has 0 atom stereocenters. The molecule has 0 aliphatic heterocycles. The molecule has 0 fully saturated rings. The molecule has 0 aliphatic carbocycles. The fourth-order valence-corrected chi connectivity index (χ4v) is 3.05. The minimum Gasteiger partial charge on any atom is -0.491 e. The van der Waals surface area contributed by atoms with Crippen molar-refractivity contribution in [2.75, 3.05) is 17.7 Å². The van der Waals surface area contributed by atoms with Gasteiger partial charge in [-0.1, -0.05) is 19.1 Å². The van der Waals surface area contributed by atoms with Gasteiger partial charge in [-0.25, -0.2) is 0 Å². The van der Waals surface area contributed by atoms with E-state index in [2.05, 4.69) is 5.32 Å². The van der Waals surface area contributed by atoms with Gasteiger partial charge in [0.15, 0.2) is 0 Å². The second kappa shape index (κ2) is 10.0. The predicted molar refractivity (Wildman–Crippen MR) is 103 cm³/mol. The number of rotatable bonds is 8. The third-order valence-electron chi connectivity index (χ3n) is 3.63. The molecule has 28 heavy (non-hydrogen) atoms. The van der Waals surface area contributed by atoms with Crippen LogP contribution >= 0.6 is 11.8 Å².